The van der Waals surface area contributed by atoms with Crippen molar-refractivity contribution in [1.82, 2.24) is 5.32 Å². The molecule has 0 bridgehead atoms. The van der Waals surface area contributed by atoms with Crippen LogP contribution in [0.4, 0.5) is 0 Å². The van der Waals surface area contributed by atoms with Crippen LogP contribution in [0.1, 0.15) is 13.3 Å². The van der Waals surface area contributed by atoms with Gasteiger partial charge in [-0.2, -0.15) is 0 Å². The predicted molar refractivity (Wildman–Crippen MR) is 134 cm³/mol. The van der Waals surface area contributed by atoms with E-state index in [1.54, 1.807) is 0 Å². The molecule has 17 N–H and O–H groups in total. The minimum atomic E-state index is -1.63. The molecule has 236 valence electrons. The third-order valence-electron chi connectivity index (χ3n) is 7.01. The number of nitrogens with two attached hydrogens (primary N) is 4. The van der Waals surface area contributed by atoms with E-state index >= 15 is 0 Å². The number of nitrogens with one attached hydrogen (secondary N) is 1. The summed E-state index contributed by atoms with van der Waals surface area (Å²) in [4.78, 5) is 12.4. The van der Waals surface area contributed by atoms with E-state index in [0.29, 0.717) is 0 Å². The first kappa shape index (κ1) is 35.0. The first-order valence-corrected chi connectivity index (χ1v) is 12.9. The molecule has 40 heavy (non-hydrogen) atoms. The molecule has 18 nitrogen and oxygen atoms in total. The van der Waals surface area contributed by atoms with Crippen molar-refractivity contribution in [2.45, 2.75) is 105 Å². The number of hydrogen-bond donors (Lipinski definition) is 13. The lowest BCUT2D eigenvalue weighted by molar-refractivity contribution is -0.312. The molecule has 0 aromatic carbocycles. The van der Waals surface area contributed by atoms with Gasteiger partial charge in [-0.25, -0.2) is 0 Å². The summed E-state index contributed by atoms with van der Waals surface area (Å²) in [5.74, 6) is -0.885. The molecule has 15 atom stereocenters. The van der Waals surface area contributed by atoms with Crippen LogP contribution >= 0.6 is 0 Å². The first-order valence-electron chi connectivity index (χ1n) is 12.9. The van der Waals surface area contributed by atoms with Gasteiger partial charge in [0.25, 0.3) is 0 Å². The molecule has 0 radical (unpaired) electrons. The zero-order valence-corrected chi connectivity index (χ0v) is 22.1. The molecule has 1 heterocycles. The van der Waals surface area contributed by atoms with E-state index in [4.69, 9.17) is 47.0 Å². The monoisotopic (exact) mass is 587 g/mol. The number of rotatable bonds is 14. The molecular weight excluding hydrogens is 542 g/mol. The maximum absolute atomic E-state index is 12.4. The second-order valence-electron chi connectivity index (χ2n) is 9.96. The van der Waals surface area contributed by atoms with E-state index in [-0.39, 0.29) is 13.0 Å². The topological polar surface area (TPSA) is 332 Å². The lowest BCUT2D eigenvalue weighted by Gasteiger charge is -2.47. The molecule has 1 saturated heterocycles. The summed E-state index contributed by atoms with van der Waals surface area (Å²) in [5.41, 5.74) is 23.0. The van der Waals surface area contributed by atoms with Crippen molar-refractivity contribution in [1.29, 1.82) is 0 Å². The highest BCUT2D eigenvalue weighted by molar-refractivity contribution is 5.81. The van der Waals surface area contributed by atoms with Crippen molar-refractivity contribution >= 4 is 5.91 Å². The van der Waals surface area contributed by atoms with Gasteiger partial charge in [0.2, 0.25) is 5.91 Å². The summed E-state index contributed by atoms with van der Waals surface area (Å²) >= 11 is 0. The van der Waals surface area contributed by atoms with Crippen LogP contribution in [0.2, 0.25) is 0 Å². The largest absolute Gasteiger partial charge is 0.394 e. The van der Waals surface area contributed by atoms with Gasteiger partial charge in [0, 0.05) is 19.1 Å². The zero-order valence-electron chi connectivity index (χ0n) is 22.1. The Kier molecular flexibility index (Phi) is 13.9. The fourth-order valence-electron chi connectivity index (χ4n) is 4.64. The van der Waals surface area contributed by atoms with Gasteiger partial charge < -0.3 is 88.1 Å². The molecule has 18 heteroatoms. The van der Waals surface area contributed by atoms with Gasteiger partial charge in [0.15, 0.2) is 12.6 Å². The van der Waals surface area contributed by atoms with Crippen LogP contribution in [-0.2, 0) is 23.7 Å². The maximum Gasteiger partial charge on any atom is 0.250 e. The van der Waals surface area contributed by atoms with Crippen LogP contribution in [0.25, 0.3) is 0 Å². The SMILES string of the molecule is CC(OC(CN)[C@@H](O)C(O)CO)OC1C(N)CC(NC(=O)C(O)CN)C(O[C@H]2OC(CO)[C@@H](O)C(N)C2O)[C@H]1O. The lowest BCUT2D eigenvalue weighted by Crippen LogP contribution is -2.68. The van der Waals surface area contributed by atoms with Crippen molar-refractivity contribution in [3.63, 3.8) is 0 Å². The Labute approximate surface area is 230 Å². The van der Waals surface area contributed by atoms with Gasteiger partial charge in [-0.1, -0.05) is 0 Å². The number of ether oxygens (including phenoxy) is 4. The Morgan fingerprint density at radius 1 is 1.02 bits per heavy atom. The van der Waals surface area contributed by atoms with Gasteiger partial charge in [0.05, 0.1) is 25.3 Å². The number of aliphatic hydroxyl groups is 8. The molecule has 2 rings (SSSR count). The summed E-state index contributed by atoms with van der Waals surface area (Å²) in [7, 11) is 0. The summed E-state index contributed by atoms with van der Waals surface area (Å²) in [5, 5.41) is 82.7. The van der Waals surface area contributed by atoms with Crippen molar-refractivity contribution < 1.29 is 64.6 Å². The van der Waals surface area contributed by atoms with Crippen molar-refractivity contribution in [2.75, 3.05) is 26.3 Å². The average Bonchev–Trinajstić information content (AvgIpc) is 2.94. The Morgan fingerprint density at radius 3 is 2.23 bits per heavy atom. The van der Waals surface area contributed by atoms with Gasteiger partial charge >= 0.3 is 0 Å². The van der Waals surface area contributed by atoms with Crippen molar-refractivity contribution in [3.8, 4) is 0 Å². The Hall–Kier alpha value is -1.17. The van der Waals surface area contributed by atoms with Crippen LogP contribution in [0, 0.1) is 0 Å². The van der Waals surface area contributed by atoms with E-state index in [1.807, 2.05) is 0 Å². The summed E-state index contributed by atoms with van der Waals surface area (Å²) in [6.07, 6.45) is -17.2. The standard InChI is InChI=1S/C22H45N5O13/c1-7(37-12(4-24)15(32)11(31)5-28)38-19-8(25)2-9(27-21(36)10(30)3-23)20(18(19)35)40-22-17(34)14(26)16(33)13(6-29)39-22/h7-20,22,28-35H,2-6,23-26H2,1H3,(H,27,36)/t7?,8?,9?,10?,11?,12?,13?,14?,15-,16+,17?,18-,19?,20?,22+/m0/s1. The molecule has 1 amide bonds. The second-order valence-corrected chi connectivity index (χ2v) is 9.96. The number of carbonyl (C=O) groups excluding carboxylic acids is 1. The Bertz CT molecular complexity index is 773. The first-order chi connectivity index (χ1) is 18.8. The third-order valence-corrected chi connectivity index (χ3v) is 7.01. The molecular formula is C22H45N5O13. The van der Waals surface area contributed by atoms with Crippen LogP contribution in [0.3, 0.4) is 0 Å². The second kappa shape index (κ2) is 15.9. The molecule has 1 aliphatic heterocycles. The Morgan fingerprint density at radius 2 is 1.68 bits per heavy atom. The minimum absolute atomic E-state index is 0.0881. The third kappa shape index (κ3) is 8.44. The number of amides is 1. The van der Waals surface area contributed by atoms with Crippen LogP contribution in [0.15, 0.2) is 0 Å². The highest BCUT2D eigenvalue weighted by Crippen LogP contribution is 2.30. The molecule has 2 fully saturated rings. The number of aliphatic hydroxyl groups excluding tert-OH is 8. The highest BCUT2D eigenvalue weighted by Gasteiger charge is 2.50. The van der Waals surface area contributed by atoms with Gasteiger partial charge in [-0.05, 0) is 13.3 Å². The fourth-order valence-corrected chi connectivity index (χ4v) is 4.64. The van der Waals surface area contributed by atoms with E-state index in [1.165, 1.54) is 6.92 Å². The number of hydrogen-bond acceptors (Lipinski definition) is 17. The van der Waals surface area contributed by atoms with Crippen LogP contribution in [0.5, 0.6) is 0 Å². The van der Waals surface area contributed by atoms with Crippen LogP contribution in [-0.4, -0.2) is 165 Å². The molecule has 2 aliphatic rings. The molecule has 0 spiro atoms. The normalized spacial score (nSPS) is 38.7. The molecule has 1 saturated carbocycles. The maximum atomic E-state index is 12.4. The summed E-state index contributed by atoms with van der Waals surface area (Å²) < 4.78 is 22.6. The molecule has 0 aromatic heterocycles. The fraction of sp³-hybridized carbons (Fsp3) is 0.955. The quantitative estimate of drug-likeness (QED) is 0.0838. The highest BCUT2D eigenvalue weighted by atomic mass is 16.7. The number of carbonyl (C=O) groups is 1. The van der Waals surface area contributed by atoms with Gasteiger partial charge in [-0.15, -0.1) is 0 Å². The summed E-state index contributed by atoms with van der Waals surface area (Å²) in [6, 6.07) is -3.32. The van der Waals surface area contributed by atoms with E-state index in [2.05, 4.69) is 5.32 Å². The van der Waals surface area contributed by atoms with Crippen molar-refractivity contribution in [2.24, 2.45) is 22.9 Å². The van der Waals surface area contributed by atoms with Crippen molar-refractivity contribution in [3.05, 3.63) is 0 Å². The average molecular weight is 588 g/mol. The van der Waals surface area contributed by atoms with E-state index in [0.717, 1.165) is 0 Å². The van der Waals surface area contributed by atoms with E-state index < -0.39 is 117 Å². The molecule has 11 unspecified atom stereocenters. The molecule has 1 aliphatic carbocycles. The van der Waals surface area contributed by atoms with Crippen LogP contribution < -0.4 is 28.3 Å². The van der Waals surface area contributed by atoms with Gasteiger partial charge in [0.1, 0.15) is 61.0 Å². The minimum Gasteiger partial charge on any atom is -0.394 e. The lowest BCUT2D eigenvalue weighted by atomic mass is 9.83. The van der Waals surface area contributed by atoms with E-state index in [9.17, 15) is 40.5 Å². The molecule has 0 aromatic rings. The van der Waals surface area contributed by atoms with Gasteiger partial charge in [-0.3, -0.25) is 4.79 Å². The summed E-state index contributed by atoms with van der Waals surface area (Å²) in [6.45, 7) is -0.665. The zero-order chi connectivity index (χ0) is 30.3. The Balaban J connectivity index is 2.25. The predicted octanol–water partition coefficient (Wildman–Crippen LogP) is -8.18. The smallest absolute Gasteiger partial charge is 0.250 e.